The van der Waals surface area contributed by atoms with Crippen LogP contribution in [0, 0.1) is 13.8 Å². The van der Waals surface area contributed by atoms with Gasteiger partial charge in [0, 0.05) is 25.4 Å². The Morgan fingerprint density at radius 2 is 1.95 bits per heavy atom. The number of nitrogens with zero attached hydrogens (tertiary/aromatic N) is 1. The largest absolute Gasteiger partial charge is 0.350 e. The van der Waals surface area contributed by atoms with Crippen molar-refractivity contribution in [1.29, 1.82) is 0 Å². The summed E-state index contributed by atoms with van der Waals surface area (Å²) < 4.78 is 0. The van der Waals surface area contributed by atoms with Gasteiger partial charge in [-0.1, -0.05) is 6.07 Å². The highest BCUT2D eigenvalue weighted by molar-refractivity contribution is 5.90. The first kappa shape index (κ1) is 15.1. The Balaban J connectivity index is 2.63. The molecule has 0 aliphatic carbocycles. The fourth-order valence-corrected chi connectivity index (χ4v) is 1.70. The Labute approximate surface area is 113 Å². The quantitative estimate of drug-likeness (QED) is 0.858. The molecule has 5 nitrogen and oxygen atoms in total. The lowest BCUT2D eigenvalue weighted by Gasteiger charge is -2.24. The summed E-state index contributed by atoms with van der Waals surface area (Å²) >= 11 is 0. The van der Waals surface area contributed by atoms with Crippen LogP contribution in [-0.2, 0) is 16.1 Å². The van der Waals surface area contributed by atoms with E-state index in [0.717, 1.165) is 16.8 Å². The van der Waals surface area contributed by atoms with E-state index >= 15 is 0 Å². The number of hydrogen-bond donors (Lipinski definition) is 2. The minimum Gasteiger partial charge on any atom is -0.350 e. The summed E-state index contributed by atoms with van der Waals surface area (Å²) in [4.78, 5) is 27.2. The van der Waals surface area contributed by atoms with Gasteiger partial charge in [-0.2, -0.15) is 0 Å². The highest BCUT2D eigenvalue weighted by Crippen LogP contribution is 2.07. The minimum absolute atomic E-state index is 0.221. The molecule has 0 saturated heterocycles. The molecule has 0 atom stereocenters. The zero-order valence-electron chi connectivity index (χ0n) is 12.1. The number of hydrogen-bond acceptors (Lipinski definition) is 3. The molecule has 0 unspecified atom stereocenters. The second kappa shape index (κ2) is 5.82. The van der Waals surface area contributed by atoms with Crippen molar-refractivity contribution in [3.8, 4) is 0 Å². The molecule has 0 aliphatic rings. The number of amides is 2. The van der Waals surface area contributed by atoms with E-state index in [4.69, 9.17) is 0 Å². The van der Waals surface area contributed by atoms with Gasteiger partial charge in [-0.05, 0) is 38.8 Å². The van der Waals surface area contributed by atoms with E-state index in [-0.39, 0.29) is 11.8 Å². The SMILES string of the molecule is CC(=O)NC(C)(C)C(=O)NCc1cnc(C)c(C)c1. The maximum Gasteiger partial charge on any atom is 0.245 e. The van der Waals surface area contributed by atoms with E-state index in [2.05, 4.69) is 15.6 Å². The fraction of sp³-hybridized carbons (Fsp3) is 0.500. The predicted molar refractivity (Wildman–Crippen MR) is 73.5 cm³/mol. The summed E-state index contributed by atoms with van der Waals surface area (Å²) in [7, 11) is 0. The van der Waals surface area contributed by atoms with Gasteiger partial charge in [0.15, 0.2) is 0 Å². The molecule has 0 aromatic carbocycles. The number of nitrogens with one attached hydrogen (secondary N) is 2. The molecule has 1 rings (SSSR count). The summed E-state index contributed by atoms with van der Waals surface area (Å²) in [6.45, 7) is 9.05. The van der Waals surface area contributed by atoms with Crippen LogP contribution in [0.5, 0.6) is 0 Å². The second-order valence-electron chi connectivity index (χ2n) is 5.23. The molecule has 0 bridgehead atoms. The van der Waals surface area contributed by atoms with Crippen LogP contribution in [0.4, 0.5) is 0 Å². The molecule has 0 saturated carbocycles. The molecule has 0 fully saturated rings. The Bertz CT molecular complexity index is 495. The first-order valence-corrected chi connectivity index (χ1v) is 6.21. The van der Waals surface area contributed by atoms with Gasteiger partial charge in [-0.25, -0.2) is 0 Å². The molecule has 2 N–H and O–H groups in total. The fourth-order valence-electron chi connectivity index (χ4n) is 1.70. The van der Waals surface area contributed by atoms with Gasteiger partial charge < -0.3 is 10.6 Å². The molecule has 5 heteroatoms. The maximum atomic E-state index is 12.0. The van der Waals surface area contributed by atoms with E-state index < -0.39 is 5.54 Å². The minimum atomic E-state index is -0.918. The van der Waals surface area contributed by atoms with E-state index in [9.17, 15) is 9.59 Å². The van der Waals surface area contributed by atoms with Gasteiger partial charge in [-0.15, -0.1) is 0 Å². The summed E-state index contributed by atoms with van der Waals surface area (Å²) in [5.41, 5.74) is 2.09. The molecule has 2 amide bonds. The standard InChI is InChI=1S/C14H21N3O2/c1-9-6-12(7-15-10(9)2)8-16-13(19)14(4,5)17-11(3)18/h6-7H,8H2,1-5H3,(H,16,19)(H,17,18). The number of aromatic nitrogens is 1. The van der Waals surface area contributed by atoms with E-state index in [1.165, 1.54) is 6.92 Å². The molecule has 1 aromatic heterocycles. The normalized spacial score (nSPS) is 11.0. The molecule has 0 radical (unpaired) electrons. The number of carbonyl (C=O) groups excluding carboxylic acids is 2. The number of aryl methyl sites for hydroxylation is 2. The first-order valence-electron chi connectivity index (χ1n) is 6.21. The highest BCUT2D eigenvalue weighted by atomic mass is 16.2. The molecular weight excluding hydrogens is 242 g/mol. The third-order valence-corrected chi connectivity index (χ3v) is 2.91. The van der Waals surface area contributed by atoms with Crippen molar-refractivity contribution in [2.45, 2.75) is 46.7 Å². The van der Waals surface area contributed by atoms with Crippen molar-refractivity contribution in [2.24, 2.45) is 0 Å². The van der Waals surface area contributed by atoms with Crippen molar-refractivity contribution < 1.29 is 9.59 Å². The van der Waals surface area contributed by atoms with Crippen molar-refractivity contribution >= 4 is 11.8 Å². The molecule has 0 aliphatic heterocycles. The van der Waals surface area contributed by atoms with Crippen LogP contribution in [0.25, 0.3) is 0 Å². The van der Waals surface area contributed by atoms with Crippen LogP contribution >= 0.6 is 0 Å². The summed E-state index contributed by atoms with van der Waals surface area (Å²) in [5, 5.41) is 5.41. The zero-order chi connectivity index (χ0) is 14.6. The third kappa shape index (κ3) is 4.35. The van der Waals surface area contributed by atoms with Crippen molar-refractivity contribution in [3.63, 3.8) is 0 Å². The van der Waals surface area contributed by atoms with Gasteiger partial charge in [0.25, 0.3) is 0 Å². The van der Waals surface area contributed by atoms with Crippen LogP contribution in [0.1, 0.15) is 37.6 Å². The Morgan fingerprint density at radius 1 is 1.32 bits per heavy atom. The lowest BCUT2D eigenvalue weighted by molar-refractivity contribution is -0.131. The van der Waals surface area contributed by atoms with Crippen molar-refractivity contribution in [3.05, 3.63) is 29.1 Å². The number of rotatable bonds is 4. The Morgan fingerprint density at radius 3 is 2.47 bits per heavy atom. The summed E-state index contributed by atoms with van der Waals surface area (Å²) in [5.74, 6) is -0.450. The van der Waals surface area contributed by atoms with Crippen LogP contribution in [0.15, 0.2) is 12.3 Å². The number of pyridine rings is 1. The smallest absolute Gasteiger partial charge is 0.245 e. The molecule has 1 heterocycles. The lowest BCUT2D eigenvalue weighted by atomic mass is 10.0. The molecule has 0 spiro atoms. The second-order valence-corrected chi connectivity index (χ2v) is 5.23. The van der Waals surface area contributed by atoms with E-state index in [1.807, 2.05) is 19.9 Å². The van der Waals surface area contributed by atoms with Gasteiger partial charge >= 0.3 is 0 Å². The van der Waals surface area contributed by atoms with Gasteiger partial charge in [-0.3, -0.25) is 14.6 Å². The first-order chi connectivity index (χ1) is 8.72. The molecule has 19 heavy (non-hydrogen) atoms. The Kier molecular flexibility index (Phi) is 4.64. The highest BCUT2D eigenvalue weighted by Gasteiger charge is 2.27. The predicted octanol–water partition coefficient (Wildman–Crippen LogP) is 1.23. The van der Waals surface area contributed by atoms with Gasteiger partial charge in [0.1, 0.15) is 5.54 Å². The monoisotopic (exact) mass is 263 g/mol. The van der Waals surface area contributed by atoms with Crippen LogP contribution < -0.4 is 10.6 Å². The van der Waals surface area contributed by atoms with Crippen LogP contribution in [0.2, 0.25) is 0 Å². The summed E-state index contributed by atoms with van der Waals surface area (Å²) in [6.07, 6.45) is 1.74. The zero-order valence-corrected chi connectivity index (χ0v) is 12.1. The van der Waals surface area contributed by atoms with Crippen LogP contribution in [-0.4, -0.2) is 22.3 Å². The van der Waals surface area contributed by atoms with Gasteiger partial charge in [0.2, 0.25) is 11.8 Å². The summed E-state index contributed by atoms with van der Waals surface area (Å²) in [6, 6.07) is 1.99. The lowest BCUT2D eigenvalue weighted by Crippen LogP contribution is -2.53. The Hall–Kier alpha value is -1.91. The third-order valence-electron chi connectivity index (χ3n) is 2.91. The molecular formula is C14H21N3O2. The molecule has 104 valence electrons. The van der Waals surface area contributed by atoms with E-state index in [1.54, 1.807) is 20.0 Å². The maximum absolute atomic E-state index is 12.0. The average Bonchev–Trinajstić information content (AvgIpc) is 2.28. The molecule has 1 aromatic rings. The van der Waals surface area contributed by atoms with Crippen LogP contribution in [0.3, 0.4) is 0 Å². The van der Waals surface area contributed by atoms with Gasteiger partial charge in [0.05, 0.1) is 0 Å². The average molecular weight is 263 g/mol. The topological polar surface area (TPSA) is 71.1 Å². The number of carbonyl (C=O) groups is 2. The van der Waals surface area contributed by atoms with Crippen molar-refractivity contribution in [1.82, 2.24) is 15.6 Å². The van der Waals surface area contributed by atoms with E-state index in [0.29, 0.717) is 6.54 Å². The van der Waals surface area contributed by atoms with Crippen molar-refractivity contribution in [2.75, 3.05) is 0 Å².